The molecule has 0 bridgehead atoms. The second-order valence-corrected chi connectivity index (χ2v) is 6.21. The van der Waals surface area contributed by atoms with Gasteiger partial charge in [-0.1, -0.05) is 18.2 Å². The van der Waals surface area contributed by atoms with Crippen LogP contribution in [0.15, 0.2) is 60.7 Å². The zero-order valence-corrected chi connectivity index (χ0v) is 13.9. The Morgan fingerprint density at radius 2 is 1.77 bits per heavy atom. The molecule has 0 saturated heterocycles. The number of methoxy groups -OCH3 is 1. The van der Waals surface area contributed by atoms with E-state index in [-0.39, 0.29) is 17.1 Å². The normalized spacial score (nSPS) is 19.8. The van der Waals surface area contributed by atoms with Gasteiger partial charge in [-0.05, 0) is 36.4 Å². The van der Waals surface area contributed by atoms with Crippen molar-refractivity contribution >= 4 is 16.6 Å². The predicted octanol–water partition coefficient (Wildman–Crippen LogP) is 3.93. The Kier molecular flexibility index (Phi) is 2.86. The maximum atomic E-state index is 12.3. The Morgan fingerprint density at radius 3 is 2.58 bits per heavy atom. The van der Waals surface area contributed by atoms with Gasteiger partial charge in [0.05, 0.1) is 23.6 Å². The lowest BCUT2D eigenvalue weighted by atomic mass is 9.89. The van der Waals surface area contributed by atoms with Crippen LogP contribution in [0, 0.1) is 0 Å². The Morgan fingerprint density at radius 1 is 1.00 bits per heavy atom. The maximum Gasteiger partial charge on any atom is 0.299 e. The number of benzene rings is 3. The lowest BCUT2D eigenvalue weighted by molar-refractivity contribution is -0.0840. The first kappa shape index (κ1) is 14.8. The molecule has 5 rings (SSSR count). The molecule has 5 heteroatoms. The Bertz CT molecular complexity index is 1100. The molecule has 0 saturated carbocycles. The number of fused-ring (bicyclic) bond motifs is 2. The van der Waals surface area contributed by atoms with Gasteiger partial charge in [0.25, 0.3) is 5.79 Å². The van der Waals surface area contributed by atoms with Crippen molar-refractivity contribution in [3.8, 4) is 23.0 Å². The van der Waals surface area contributed by atoms with Crippen LogP contribution >= 0.6 is 0 Å². The van der Waals surface area contributed by atoms with Crippen LogP contribution in [0.25, 0.3) is 10.8 Å². The molecule has 0 amide bonds. The van der Waals surface area contributed by atoms with E-state index >= 15 is 0 Å². The molecule has 5 nitrogen and oxygen atoms in total. The van der Waals surface area contributed by atoms with E-state index in [0.29, 0.717) is 17.1 Å². The number of aromatic hydroxyl groups is 1. The van der Waals surface area contributed by atoms with Crippen LogP contribution in [0.4, 0.5) is 0 Å². The van der Waals surface area contributed by atoms with Crippen molar-refractivity contribution in [2.75, 3.05) is 7.11 Å². The lowest BCUT2D eigenvalue weighted by Gasteiger charge is -2.39. The van der Waals surface area contributed by atoms with Gasteiger partial charge in [-0.3, -0.25) is 4.79 Å². The van der Waals surface area contributed by atoms with Crippen molar-refractivity contribution < 1.29 is 24.1 Å². The molecule has 1 aliphatic heterocycles. The van der Waals surface area contributed by atoms with Crippen LogP contribution < -0.4 is 14.2 Å². The summed E-state index contributed by atoms with van der Waals surface area (Å²) in [6, 6.07) is 14.2. The minimum atomic E-state index is -1.31. The summed E-state index contributed by atoms with van der Waals surface area (Å²) in [4.78, 5) is 12.3. The van der Waals surface area contributed by atoms with Gasteiger partial charge in [-0.15, -0.1) is 0 Å². The molecule has 1 atom stereocenters. The van der Waals surface area contributed by atoms with Gasteiger partial charge in [0.15, 0.2) is 5.78 Å². The molecule has 3 aromatic rings. The van der Waals surface area contributed by atoms with Crippen LogP contribution in [-0.2, 0) is 5.79 Å². The van der Waals surface area contributed by atoms with Crippen LogP contribution in [0.5, 0.6) is 23.0 Å². The molecular weight excluding hydrogens is 332 g/mol. The van der Waals surface area contributed by atoms with Crippen molar-refractivity contribution in [2.24, 2.45) is 0 Å². The van der Waals surface area contributed by atoms with E-state index < -0.39 is 5.79 Å². The summed E-state index contributed by atoms with van der Waals surface area (Å²) in [5.41, 5.74) is 0.669. The average molecular weight is 346 g/mol. The second kappa shape index (κ2) is 5.02. The fraction of sp³-hybridized carbons (Fsp3) is 0.0952. The van der Waals surface area contributed by atoms with E-state index in [1.54, 1.807) is 25.3 Å². The van der Waals surface area contributed by atoms with Gasteiger partial charge in [0.1, 0.15) is 23.0 Å². The molecule has 1 aliphatic carbocycles. The highest BCUT2D eigenvalue weighted by Gasteiger charge is 2.45. The number of phenolic OH excluding ortho intramolecular Hbond substituents is 1. The first-order chi connectivity index (χ1) is 12.6. The third-order valence-corrected chi connectivity index (χ3v) is 4.79. The number of carbonyl (C=O) groups is 1. The summed E-state index contributed by atoms with van der Waals surface area (Å²) in [6.45, 7) is 0. The highest BCUT2D eigenvalue weighted by Crippen LogP contribution is 2.49. The first-order valence-corrected chi connectivity index (χ1v) is 8.17. The van der Waals surface area contributed by atoms with E-state index in [4.69, 9.17) is 14.2 Å². The number of ketones is 1. The number of rotatable bonds is 1. The third kappa shape index (κ3) is 1.82. The van der Waals surface area contributed by atoms with Crippen LogP contribution in [0.3, 0.4) is 0 Å². The van der Waals surface area contributed by atoms with Crippen molar-refractivity contribution in [1.29, 1.82) is 0 Å². The number of ether oxygens (including phenoxy) is 3. The molecular formula is C21H14O5. The highest BCUT2D eigenvalue weighted by atomic mass is 16.7. The van der Waals surface area contributed by atoms with Gasteiger partial charge in [0.2, 0.25) is 0 Å². The fourth-order valence-corrected chi connectivity index (χ4v) is 3.64. The van der Waals surface area contributed by atoms with E-state index in [9.17, 15) is 9.90 Å². The van der Waals surface area contributed by atoms with Crippen molar-refractivity contribution in [1.82, 2.24) is 0 Å². The van der Waals surface area contributed by atoms with Gasteiger partial charge in [-0.2, -0.15) is 0 Å². The molecule has 0 aromatic heterocycles. The van der Waals surface area contributed by atoms with Crippen LogP contribution in [0.1, 0.15) is 15.9 Å². The fourth-order valence-electron chi connectivity index (χ4n) is 3.64. The molecule has 1 heterocycles. The zero-order valence-electron chi connectivity index (χ0n) is 13.9. The molecule has 26 heavy (non-hydrogen) atoms. The Labute approximate surface area is 149 Å². The van der Waals surface area contributed by atoms with Gasteiger partial charge in [-0.25, -0.2) is 0 Å². The quantitative estimate of drug-likeness (QED) is 0.723. The number of hydrogen-bond acceptors (Lipinski definition) is 5. The SMILES string of the molecule is COc1ccc2c3c(cccc13)OC1(C=CC(=O)c3c(O)cccc31)O2. The predicted molar refractivity (Wildman–Crippen MR) is 95.0 cm³/mol. The summed E-state index contributed by atoms with van der Waals surface area (Å²) >= 11 is 0. The molecule has 1 N–H and O–H groups in total. The summed E-state index contributed by atoms with van der Waals surface area (Å²) in [7, 11) is 1.62. The van der Waals surface area contributed by atoms with Gasteiger partial charge < -0.3 is 19.3 Å². The Balaban J connectivity index is 1.77. The van der Waals surface area contributed by atoms with Crippen LogP contribution in [-0.4, -0.2) is 18.0 Å². The molecule has 1 spiro atoms. The van der Waals surface area contributed by atoms with E-state index in [1.165, 1.54) is 12.1 Å². The maximum absolute atomic E-state index is 12.3. The highest BCUT2D eigenvalue weighted by molar-refractivity contribution is 6.09. The molecule has 1 unspecified atom stereocenters. The lowest BCUT2D eigenvalue weighted by Crippen LogP contribution is -2.42. The molecule has 0 fully saturated rings. The minimum Gasteiger partial charge on any atom is -0.507 e. The molecule has 128 valence electrons. The minimum absolute atomic E-state index is 0.0952. The third-order valence-electron chi connectivity index (χ3n) is 4.79. The second-order valence-electron chi connectivity index (χ2n) is 6.21. The summed E-state index contributed by atoms with van der Waals surface area (Å²) in [5.74, 6) is 0.280. The number of hydrogen-bond donors (Lipinski definition) is 1. The number of allylic oxidation sites excluding steroid dienone is 1. The van der Waals surface area contributed by atoms with Crippen molar-refractivity contribution in [3.05, 3.63) is 71.8 Å². The van der Waals surface area contributed by atoms with Gasteiger partial charge >= 0.3 is 0 Å². The van der Waals surface area contributed by atoms with Crippen LogP contribution in [0.2, 0.25) is 0 Å². The summed E-state index contributed by atoms with van der Waals surface area (Å²) in [5, 5.41) is 11.9. The standard InChI is InChI=1S/C21H14O5/c1-24-16-8-9-18-19-12(16)4-2-7-17(19)25-21(26-18)11-10-15(23)20-13(21)5-3-6-14(20)22/h2-11,22H,1H3. The van der Waals surface area contributed by atoms with Gasteiger partial charge in [0, 0.05) is 11.5 Å². The largest absolute Gasteiger partial charge is 0.507 e. The molecule has 2 aliphatic rings. The number of phenols is 1. The first-order valence-electron chi connectivity index (χ1n) is 8.17. The monoisotopic (exact) mass is 346 g/mol. The summed E-state index contributed by atoms with van der Waals surface area (Å²) in [6.07, 6.45) is 2.96. The topological polar surface area (TPSA) is 65.0 Å². The molecule has 3 aromatic carbocycles. The Hall–Kier alpha value is -3.47. The molecule has 0 radical (unpaired) electrons. The van der Waals surface area contributed by atoms with E-state index in [0.717, 1.165) is 16.5 Å². The zero-order chi connectivity index (χ0) is 17.9. The smallest absolute Gasteiger partial charge is 0.299 e. The van der Waals surface area contributed by atoms with Crippen molar-refractivity contribution in [3.63, 3.8) is 0 Å². The summed E-state index contributed by atoms with van der Waals surface area (Å²) < 4.78 is 17.9. The van der Waals surface area contributed by atoms with E-state index in [1.807, 2.05) is 30.3 Å². The van der Waals surface area contributed by atoms with Crippen molar-refractivity contribution in [2.45, 2.75) is 5.79 Å². The average Bonchev–Trinajstić information content (AvgIpc) is 2.66. The number of carbonyl (C=O) groups excluding carboxylic acids is 1. The van der Waals surface area contributed by atoms with E-state index in [2.05, 4.69) is 0 Å².